The number of anilines is 1. The molecule has 7 heteroatoms. The first-order valence-corrected chi connectivity index (χ1v) is 5.51. The molecule has 14 heavy (non-hydrogen) atoms. The SMILES string of the molecule is O=S1(=O)NC(=S)Nc2cc(F)ccc21. The van der Waals surface area contributed by atoms with Gasteiger partial charge in [-0.1, -0.05) is 0 Å². The van der Waals surface area contributed by atoms with E-state index >= 15 is 0 Å². The summed E-state index contributed by atoms with van der Waals surface area (Å²) in [6, 6.07) is 3.34. The van der Waals surface area contributed by atoms with Crippen LogP contribution in [-0.4, -0.2) is 13.5 Å². The van der Waals surface area contributed by atoms with Crippen LogP contribution in [0.1, 0.15) is 0 Å². The van der Waals surface area contributed by atoms with E-state index < -0.39 is 15.8 Å². The molecule has 0 spiro atoms. The summed E-state index contributed by atoms with van der Waals surface area (Å²) in [7, 11) is -3.63. The minimum Gasteiger partial charge on any atom is -0.331 e. The van der Waals surface area contributed by atoms with Crippen molar-refractivity contribution in [2.45, 2.75) is 4.90 Å². The van der Waals surface area contributed by atoms with Crippen molar-refractivity contribution in [2.24, 2.45) is 0 Å². The quantitative estimate of drug-likeness (QED) is 0.650. The predicted octanol–water partition coefficient (Wildman–Crippen LogP) is 0.814. The van der Waals surface area contributed by atoms with Crippen LogP contribution in [0.5, 0.6) is 0 Å². The van der Waals surface area contributed by atoms with Gasteiger partial charge >= 0.3 is 0 Å². The molecule has 1 aliphatic heterocycles. The first kappa shape index (κ1) is 9.35. The van der Waals surface area contributed by atoms with Crippen LogP contribution < -0.4 is 10.0 Å². The molecule has 0 unspecified atom stereocenters. The van der Waals surface area contributed by atoms with Gasteiger partial charge in [-0.3, -0.25) is 4.72 Å². The third-order valence-electron chi connectivity index (χ3n) is 1.71. The van der Waals surface area contributed by atoms with E-state index in [-0.39, 0.29) is 15.7 Å². The molecule has 0 bridgehead atoms. The van der Waals surface area contributed by atoms with Crippen LogP contribution in [0.4, 0.5) is 10.1 Å². The lowest BCUT2D eigenvalue weighted by molar-refractivity contribution is 0.591. The van der Waals surface area contributed by atoms with Gasteiger partial charge in [-0.2, -0.15) is 0 Å². The molecule has 0 saturated carbocycles. The Morgan fingerprint density at radius 2 is 2.07 bits per heavy atom. The number of rotatable bonds is 0. The average molecular weight is 232 g/mol. The molecular formula is C7H5FN2O2S2. The van der Waals surface area contributed by atoms with Crippen molar-refractivity contribution in [2.75, 3.05) is 5.32 Å². The molecule has 0 radical (unpaired) electrons. The lowest BCUT2D eigenvalue weighted by Crippen LogP contribution is -2.39. The average Bonchev–Trinajstić information content (AvgIpc) is 2.00. The largest absolute Gasteiger partial charge is 0.331 e. The van der Waals surface area contributed by atoms with E-state index in [0.717, 1.165) is 12.1 Å². The maximum Gasteiger partial charge on any atom is 0.265 e. The Labute approximate surface area is 85.2 Å². The van der Waals surface area contributed by atoms with Gasteiger partial charge in [0.1, 0.15) is 10.7 Å². The summed E-state index contributed by atoms with van der Waals surface area (Å²) in [6.07, 6.45) is 0. The van der Waals surface area contributed by atoms with Gasteiger partial charge in [-0.25, -0.2) is 12.8 Å². The van der Waals surface area contributed by atoms with Crippen LogP contribution in [0, 0.1) is 5.82 Å². The maximum atomic E-state index is 12.8. The van der Waals surface area contributed by atoms with Crippen molar-refractivity contribution in [3.05, 3.63) is 24.0 Å². The summed E-state index contributed by atoms with van der Waals surface area (Å²) in [5.74, 6) is -0.517. The number of sulfonamides is 1. The smallest absolute Gasteiger partial charge is 0.265 e. The van der Waals surface area contributed by atoms with E-state index in [2.05, 4.69) is 22.3 Å². The van der Waals surface area contributed by atoms with E-state index in [1.165, 1.54) is 6.07 Å². The van der Waals surface area contributed by atoms with E-state index in [1.807, 2.05) is 0 Å². The van der Waals surface area contributed by atoms with Crippen molar-refractivity contribution in [3.8, 4) is 0 Å². The molecule has 0 amide bonds. The first-order chi connectivity index (χ1) is 6.49. The van der Waals surface area contributed by atoms with Gasteiger partial charge in [0, 0.05) is 0 Å². The number of halogens is 1. The van der Waals surface area contributed by atoms with Crippen molar-refractivity contribution in [1.29, 1.82) is 0 Å². The summed E-state index contributed by atoms with van der Waals surface area (Å²) in [4.78, 5) is -0.00694. The normalized spacial score (nSPS) is 17.9. The highest BCUT2D eigenvalue weighted by Gasteiger charge is 2.25. The highest BCUT2D eigenvalue weighted by Crippen LogP contribution is 2.25. The summed E-state index contributed by atoms with van der Waals surface area (Å²) >= 11 is 4.65. The predicted molar refractivity (Wildman–Crippen MR) is 52.9 cm³/mol. The third-order valence-corrected chi connectivity index (χ3v) is 3.45. The van der Waals surface area contributed by atoms with Crippen LogP contribution >= 0.6 is 12.2 Å². The molecule has 1 aliphatic rings. The fraction of sp³-hybridized carbons (Fsp3) is 0. The zero-order valence-corrected chi connectivity index (χ0v) is 8.38. The molecule has 4 nitrogen and oxygen atoms in total. The van der Waals surface area contributed by atoms with E-state index in [4.69, 9.17) is 0 Å². The second kappa shape index (κ2) is 2.89. The Morgan fingerprint density at radius 3 is 2.79 bits per heavy atom. The Hall–Kier alpha value is -1.21. The number of thiocarbonyl (C=S) groups is 1. The van der Waals surface area contributed by atoms with Crippen LogP contribution in [0.15, 0.2) is 23.1 Å². The van der Waals surface area contributed by atoms with Gasteiger partial charge in [0.2, 0.25) is 0 Å². The van der Waals surface area contributed by atoms with Crippen molar-refractivity contribution in [3.63, 3.8) is 0 Å². The van der Waals surface area contributed by atoms with Crippen LogP contribution in [0.2, 0.25) is 0 Å². The van der Waals surface area contributed by atoms with Gasteiger partial charge in [-0.15, -0.1) is 0 Å². The Bertz CT molecular complexity index is 512. The molecule has 0 atom stereocenters. The summed E-state index contributed by atoms with van der Waals surface area (Å²) < 4.78 is 37.7. The Morgan fingerprint density at radius 1 is 1.36 bits per heavy atom. The second-order valence-corrected chi connectivity index (χ2v) is 4.76. The first-order valence-electron chi connectivity index (χ1n) is 3.62. The molecular weight excluding hydrogens is 227 g/mol. The summed E-state index contributed by atoms with van der Waals surface area (Å²) in [6.45, 7) is 0. The molecule has 1 aromatic rings. The minimum atomic E-state index is -3.63. The molecule has 0 fully saturated rings. The molecule has 0 aliphatic carbocycles. The van der Waals surface area contributed by atoms with E-state index in [0.29, 0.717) is 0 Å². The van der Waals surface area contributed by atoms with Crippen molar-refractivity contribution < 1.29 is 12.8 Å². The highest BCUT2D eigenvalue weighted by molar-refractivity contribution is 7.92. The zero-order chi connectivity index (χ0) is 10.3. The van der Waals surface area contributed by atoms with E-state index in [1.54, 1.807) is 0 Å². The topological polar surface area (TPSA) is 58.2 Å². The van der Waals surface area contributed by atoms with Gasteiger partial charge in [0.15, 0.2) is 5.11 Å². The lowest BCUT2D eigenvalue weighted by Gasteiger charge is -2.19. The Balaban J connectivity index is 2.69. The maximum absolute atomic E-state index is 12.8. The lowest BCUT2D eigenvalue weighted by atomic mass is 10.3. The minimum absolute atomic E-state index is 0.00694. The zero-order valence-electron chi connectivity index (χ0n) is 6.74. The van der Waals surface area contributed by atoms with Crippen molar-refractivity contribution >= 4 is 33.0 Å². The third kappa shape index (κ3) is 1.44. The molecule has 74 valence electrons. The number of nitrogens with one attached hydrogen (secondary N) is 2. The number of hydrogen-bond donors (Lipinski definition) is 2. The van der Waals surface area contributed by atoms with Crippen LogP contribution in [0.3, 0.4) is 0 Å². The summed E-state index contributed by atoms with van der Waals surface area (Å²) in [5.41, 5.74) is 0.161. The van der Waals surface area contributed by atoms with E-state index in [9.17, 15) is 12.8 Å². The number of fused-ring (bicyclic) bond motifs is 1. The molecule has 1 aromatic carbocycles. The monoisotopic (exact) mass is 232 g/mol. The fourth-order valence-electron chi connectivity index (χ4n) is 1.16. The molecule has 1 heterocycles. The van der Waals surface area contributed by atoms with Crippen LogP contribution in [0.25, 0.3) is 0 Å². The van der Waals surface area contributed by atoms with Gasteiger partial charge in [0.25, 0.3) is 10.0 Å². The summed E-state index contributed by atoms with van der Waals surface area (Å²) in [5, 5.41) is 2.50. The van der Waals surface area contributed by atoms with Gasteiger partial charge in [-0.05, 0) is 30.4 Å². The molecule has 2 rings (SSSR count). The molecule has 0 aromatic heterocycles. The fourth-order valence-corrected chi connectivity index (χ4v) is 2.65. The van der Waals surface area contributed by atoms with Gasteiger partial charge < -0.3 is 5.32 Å². The van der Waals surface area contributed by atoms with Gasteiger partial charge in [0.05, 0.1) is 5.69 Å². The molecule has 2 N–H and O–H groups in total. The standard InChI is InChI=1S/C7H5FN2O2S2/c8-4-1-2-6-5(3-4)9-7(13)10-14(6,11)12/h1-3H,(H2,9,10,13). The highest BCUT2D eigenvalue weighted by atomic mass is 32.2. The van der Waals surface area contributed by atoms with Crippen LogP contribution in [-0.2, 0) is 10.0 Å². The number of hydrogen-bond acceptors (Lipinski definition) is 3. The Kier molecular flexibility index (Phi) is 1.93. The second-order valence-electron chi connectivity index (χ2n) is 2.70. The number of benzene rings is 1. The van der Waals surface area contributed by atoms with Crippen molar-refractivity contribution in [1.82, 2.24) is 4.72 Å². The molecule has 0 saturated heterocycles.